The normalized spacial score (nSPS) is 11.3. The Labute approximate surface area is 567 Å². The molecular formula is C92H62BBrO2. The smallest absolute Gasteiger partial charge is 0.423 e. The molecule has 0 saturated carbocycles. The number of halogens is 1. The monoisotopic (exact) mass is 1290 g/mol. The minimum atomic E-state index is -1.54. The minimum absolute atomic E-state index is 0.553. The number of fused-ring (bicyclic) bond motifs is 10. The van der Waals surface area contributed by atoms with Gasteiger partial charge in [-0.1, -0.05) is 356 Å². The predicted molar refractivity (Wildman–Crippen MR) is 415 cm³/mol. The molecule has 0 aromatic heterocycles. The van der Waals surface area contributed by atoms with Crippen LogP contribution in [0.2, 0.25) is 0 Å². The topological polar surface area (TPSA) is 40.5 Å². The molecule has 4 heteroatoms. The Morgan fingerprint density at radius 1 is 0.188 bits per heavy atom. The van der Waals surface area contributed by atoms with E-state index in [0.29, 0.717) is 5.46 Å². The first kappa shape index (κ1) is 59.5. The zero-order valence-corrected chi connectivity index (χ0v) is 54.1. The average molecular weight is 1290 g/mol. The molecule has 0 amide bonds. The molecule has 0 aliphatic heterocycles. The Kier molecular flexibility index (Phi) is 16.2. The molecule has 452 valence electrons. The fourth-order valence-corrected chi connectivity index (χ4v) is 14.7. The highest BCUT2D eigenvalue weighted by atomic mass is 79.9. The molecule has 0 aliphatic carbocycles. The first-order valence-electron chi connectivity index (χ1n) is 32.6. The molecule has 0 atom stereocenters. The highest BCUT2D eigenvalue weighted by Crippen LogP contribution is 2.47. The van der Waals surface area contributed by atoms with Gasteiger partial charge in [0.1, 0.15) is 0 Å². The highest BCUT2D eigenvalue weighted by molar-refractivity contribution is 9.10. The molecule has 0 spiro atoms. The lowest BCUT2D eigenvalue weighted by Crippen LogP contribution is -2.31. The second kappa shape index (κ2) is 26.1. The minimum Gasteiger partial charge on any atom is -0.423 e. The van der Waals surface area contributed by atoms with Crippen LogP contribution in [0.15, 0.2) is 368 Å². The summed E-state index contributed by atoms with van der Waals surface area (Å²) in [6.45, 7) is 0. The van der Waals surface area contributed by atoms with E-state index in [1.165, 1.54) is 120 Å². The van der Waals surface area contributed by atoms with Crippen molar-refractivity contribution >= 4 is 115 Å². The Balaban J connectivity index is 0.000000124. The van der Waals surface area contributed by atoms with Gasteiger partial charge < -0.3 is 10.0 Å². The van der Waals surface area contributed by atoms with Gasteiger partial charge >= 0.3 is 7.12 Å². The zero-order chi connectivity index (χ0) is 64.5. The van der Waals surface area contributed by atoms with Gasteiger partial charge in [-0.2, -0.15) is 0 Å². The van der Waals surface area contributed by atoms with Crippen LogP contribution in [-0.2, 0) is 0 Å². The molecule has 0 bridgehead atoms. The van der Waals surface area contributed by atoms with E-state index in [1.54, 1.807) is 0 Å². The van der Waals surface area contributed by atoms with Crippen LogP contribution in [0.3, 0.4) is 0 Å². The standard InChI is InChI=1S/C46H30.C26H19BO2.C20H13Br/c1-2-12-32(13-3-1)38-16-6-7-17-40(38)46-43-20-10-8-18-41(43)45(42-19-9-11-21-44(42)46)34-25-22-31(23-26-34)35-28-29-39-36(30-35)27-24-33-14-4-5-15-37(33)39;28-27(29)26-23-16-8-6-14-21(23)25(22-15-7-9-17-24(22)26)20-13-5-4-12-19(20)18-10-2-1-3-11-18;21-18-10-7-14(8-11-18)16-9-12-20-17(13-16)6-5-15-3-1-2-4-19(15)20/h1-30H;1-17,28-29H;1-13H. The van der Waals surface area contributed by atoms with Crippen LogP contribution in [0.1, 0.15) is 0 Å². The Hall–Kier alpha value is -11.5. The second-order valence-corrected chi connectivity index (χ2v) is 25.4. The van der Waals surface area contributed by atoms with Crippen molar-refractivity contribution in [2.24, 2.45) is 0 Å². The van der Waals surface area contributed by atoms with Gasteiger partial charge in [0.15, 0.2) is 0 Å². The third-order valence-corrected chi connectivity index (χ3v) is 19.4. The Bertz CT molecular complexity index is 5810. The fourth-order valence-electron chi connectivity index (χ4n) is 14.5. The fraction of sp³-hybridized carbons (Fsp3) is 0. The molecule has 18 aromatic rings. The highest BCUT2D eigenvalue weighted by Gasteiger charge is 2.24. The van der Waals surface area contributed by atoms with Crippen LogP contribution in [-0.4, -0.2) is 17.2 Å². The van der Waals surface area contributed by atoms with Gasteiger partial charge in [0.2, 0.25) is 0 Å². The van der Waals surface area contributed by atoms with Gasteiger partial charge in [-0.05, 0) is 194 Å². The van der Waals surface area contributed by atoms with Gasteiger partial charge in [0.05, 0.1) is 0 Å². The van der Waals surface area contributed by atoms with E-state index in [2.05, 4.69) is 325 Å². The zero-order valence-electron chi connectivity index (χ0n) is 52.5. The summed E-state index contributed by atoms with van der Waals surface area (Å²) in [6, 6.07) is 129. The van der Waals surface area contributed by atoms with Gasteiger partial charge in [0, 0.05) is 4.47 Å². The largest absolute Gasteiger partial charge is 0.489 e. The van der Waals surface area contributed by atoms with E-state index in [0.717, 1.165) is 48.3 Å². The summed E-state index contributed by atoms with van der Waals surface area (Å²) in [5.74, 6) is 0. The van der Waals surface area contributed by atoms with E-state index in [4.69, 9.17) is 0 Å². The maximum atomic E-state index is 10.2. The number of hydrogen-bond donors (Lipinski definition) is 2. The molecule has 0 fully saturated rings. The van der Waals surface area contributed by atoms with E-state index in [1.807, 2.05) is 54.6 Å². The van der Waals surface area contributed by atoms with E-state index < -0.39 is 7.12 Å². The van der Waals surface area contributed by atoms with Gasteiger partial charge in [-0.15, -0.1) is 0 Å². The van der Waals surface area contributed by atoms with Crippen molar-refractivity contribution in [1.82, 2.24) is 0 Å². The van der Waals surface area contributed by atoms with Crippen molar-refractivity contribution in [3.63, 3.8) is 0 Å². The summed E-state index contributed by atoms with van der Waals surface area (Å²) in [5, 5.41) is 39.5. The van der Waals surface area contributed by atoms with Crippen molar-refractivity contribution in [3.8, 4) is 77.9 Å². The van der Waals surface area contributed by atoms with Crippen LogP contribution in [0.4, 0.5) is 0 Å². The molecule has 0 radical (unpaired) electrons. The van der Waals surface area contributed by atoms with Crippen molar-refractivity contribution in [2.45, 2.75) is 0 Å². The number of hydrogen-bond acceptors (Lipinski definition) is 2. The van der Waals surface area contributed by atoms with Crippen molar-refractivity contribution in [1.29, 1.82) is 0 Å². The lowest BCUT2D eigenvalue weighted by Gasteiger charge is -2.19. The number of rotatable bonds is 8. The lowest BCUT2D eigenvalue weighted by atomic mass is 9.72. The summed E-state index contributed by atoms with van der Waals surface area (Å²) < 4.78 is 1.11. The third-order valence-electron chi connectivity index (χ3n) is 18.9. The first-order chi connectivity index (χ1) is 47.4. The van der Waals surface area contributed by atoms with Gasteiger partial charge in [-0.25, -0.2) is 0 Å². The molecule has 0 aliphatic rings. The van der Waals surface area contributed by atoms with Crippen LogP contribution in [0, 0.1) is 0 Å². The summed E-state index contributed by atoms with van der Waals surface area (Å²) in [5.41, 5.74) is 17.6. The summed E-state index contributed by atoms with van der Waals surface area (Å²) >= 11 is 3.48. The molecule has 0 heterocycles. The van der Waals surface area contributed by atoms with Gasteiger partial charge in [0.25, 0.3) is 0 Å². The maximum Gasteiger partial charge on any atom is 0.489 e. The first-order valence-corrected chi connectivity index (χ1v) is 33.4. The SMILES string of the molecule is Brc1ccc(-c2ccc3c(ccc4ccccc43)c2)cc1.OB(O)c1c2ccccc2c(-c2ccccc2-c2ccccc2)c2ccccc12.c1ccc(-c2ccccc2-c2c3ccccc3c(-c3ccc(-c4ccc5c(ccc6ccccc65)c4)cc3)c3ccccc23)cc1. The second-order valence-electron chi connectivity index (χ2n) is 24.4. The van der Waals surface area contributed by atoms with Crippen molar-refractivity contribution in [3.05, 3.63) is 368 Å². The molecular weight excluding hydrogens is 1230 g/mol. The summed E-state index contributed by atoms with van der Waals surface area (Å²) in [4.78, 5) is 0. The quantitative estimate of drug-likeness (QED) is 0.0904. The van der Waals surface area contributed by atoms with Crippen LogP contribution in [0.25, 0.3) is 164 Å². The van der Waals surface area contributed by atoms with Crippen molar-refractivity contribution < 1.29 is 10.0 Å². The number of benzene rings is 18. The molecule has 96 heavy (non-hydrogen) atoms. The lowest BCUT2D eigenvalue weighted by molar-refractivity contribution is 0.426. The Morgan fingerprint density at radius 2 is 0.469 bits per heavy atom. The third kappa shape index (κ3) is 11.3. The molecule has 2 N–H and O–H groups in total. The van der Waals surface area contributed by atoms with Crippen LogP contribution in [0.5, 0.6) is 0 Å². The Morgan fingerprint density at radius 3 is 0.875 bits per heavy atom. The molecule has 0 unspecified atom stereocenters. The van der Waals surface area contributed by atoms with Crippen molar-refractivity contribution in [2.75, 3.05) is 0 Å². The van der Waals surface area contributed by atoms with E-state index in [9.17, 15) is 10.0 Å². The molecule has 18 rings (SSSR count). The van der Waals surface area contributed by atoms with Gasteiger partial charge in [-0.3, -0.25) is 0 Å². The summed E-state index contributed by atoms with van der Waals surface area (Å²) in [7, 11) is -1.54. The van der Waals surface area contributed by atoms with Crippen LogP contribution < -0.4 is 5.46 Å². The van der Waals surface area contributed by atoms with E-state index >= 15 is 0 Å². The van der Waals surface area contributed by atoms with E-state index in [-0.39, 0.29) is 0 Å². The molecule has 0 saturated heterocycles. The average Bonchev–Trinajstić information content (AvgIpc) is 0.755. The molecule has 18 aromatic carbocycles. The predicted octanol–water partition coefficient (Wildman–Crippen LogP) is 24.4. The maximum absolute atomic E-state index is 10.2. The summed E-state index contributed by atoms with van der Waals surface area (Å²) in [6.07, 6.45) is 0. The molecule has 2 nitrogen and oxygen atoms in total. The van der Waals surface area contributed by atoms with Crippen LogP contribution >= 0.6 is 15.9 Å².